The van der Waals surface area contributed by atoms with Crippen molar-refractivity contribution in [1.29, 1.82) is 0 Å². The van der Waals surface area contributed by atoms with Gasteiger partial charge in [-0.05, 0) is 42.3 Å². The average Bonchev–Trinajstić information content (AvgIpc) is 3.03. The van der Waals surface area contributed by atoms with Crippen molar-refractivity contribution in [3.63, 3.8) is 0 Å². The molecule has 0 saturated heterocycles. The second-order valence-corrected chi connectivity index (χ2v) is 10.1. The Morgan fingerprint density at radius 3 is 2.64 bits per heavy atom. The van der Waals surface area contributed by atoms with E-state index in [1.165, 1.54) is 6.07 Å². The van der Waals surface area contributed by atoms with Crippen LogP contribution >= 0.6 is 11.6 Å². The van der Waals surface area contributed by atoms with Crippen molar-refractivity contribution in [2.24, 2.45) is 0 Å². The molecule has 0 radical (unpaired) electrons. The van der Waals surface area contributed by atoms with E-state index in [2.05, 4.69) is 0 Å². The number of allylic oxidation sites excluding steroid dienone is 4. The molecule has 33 heavy (non-hydrogen) atoms. The van der Waals surface area contributed by atoms with Crippen LogP contribution < -0.4 is 4.72 Å². The normalized spacial score (nSPS) is 13.9. The predicted molar refractivity (Wildman–Crippen MR) is 126 cm³/mol. The molecule has 3 aromatic rings. The van der Waals surface area contributed by atoms with Crippen molar-refractivity contribution in [1.82, 2.24) is 9.29 Å². The monoisotopic (exact) mass is 486 g/mol. The fourth-order valence-electron chi connectivity index (χ4n) is 3.97. The Labute approximate surface area is 195 Å². The second-order valence-electron chi connectivity index (χ2n) is 7.89. The average molecular weight is 487 g/mol. The molecule has 4 rings (SSSR count). The van der Waals surface area contributed by atoms with Gasteiger partial charge in [-0.2, -0.15) is 0 Å². The van der Waals surface area contributed by atoms with Gasteiger partial charge in [-0.15, -0.1) is 0 Å². The van der Waals surface area contributed by atoms with Crippen LogP contribution in [-0.2, 0) is 21.4 Å². The Morgan fingerprint density at radius 1 is 1.21 bits per heavy atom. The third-order valence-electron chi connectivity index (χ3n) is 5.35. The molecule has 0 fully saturated rings. The fourth-order valence-corrected chi connectivity index (χ4v) is 4.57. The molecule has 0 bridgehead atoms. The zero-order valence-corrected chi connectivity index (χ0v) is 19.4. The minimum absolute atomic E-state index is 0.00886. The summed E-state index contributed by atoms with van der Waals surface area (Å²) in [6.07, 6.45) is 6.06. The van der Waals surface area contributed by atoms with Crippen LogP contribution in [0, 0.1) is 12.7 Å². The van der Waals surface area contributed by atoms with Gasteiger partial charge in [-0.25, -0.2) is 17.5 Å². The van der Waals surface area contributed by atoms with Gasteiger partial charge in [-0.1, -0.05) is 42.0 Å². The highest BCUT2D eigenvalue weighted by Gasteiger charge is 2.29. The number of carbonyl (C=O) groups is 2. The molecule has 9 heteroatoms. The molecule has 2 aromatic carbocycles. The van der Waals surface area contributed by atoms with Crippen molar-refractivity contribution >= 4 is 49.8 Å². The highest BCUT2D eigenvalue weighted by molar-refractivity contribution is 7.89. The summed E-state index contributed by atoms with van der Waals surface area (Å²) >= 11 is 6.25. The number of ketones is 1. The molecule has 0 aliphatic heterocycles. The Hall–Kier alpha value is -3.23. The number of hydrogen-bond donors (Lipinski definition) is 1. The molecule has 1 N–H and O–H groups in total. The van der Waals surface area contributed by atoms with E-state index in [4.69, 9.17) is 11.6 Å². The number of halogens is 2. The lowest BCUT2D eigenvalue weighted by Crippen LogP contribution is -2.32. The molecule has 1 amide bonds. The number of nitrogens with zero attached hydrogens (tertiary/aromatic N) is 1. The number of nitrogens with one attached hydrogen (secondary N) is 1. The van der Waals surface area contributed by atoms with E-state index in [1.807, 2.05) is 4.72 Å². The van der Waals surface area contributed by atoms with E-state index in [0.29, 0.717) is 32.6 Å². The van der Waals surface area contributed by atoms with Gasteiger partial charge in [0.1, 0.15) is 11.5 Å². The molecule has 170 valence electrons. The summed E-state index contributed by atoms with van der Waals surface area (Å²) < 4.78 is 41.2. The number of Topliss-reactive ketones (excluding diaryl/α,β-unsaturated/α-hetero) is 1. The van der Waals surface area contributed by atoms with Crippen LogP contribution in [0.2, 0.25) is 5.02 Å². The lowest BCUT2D eigenvalue weighted by Gasteiger charge is -2.14. The summed E-state index contributed by atoms with van der Waals surface area (Å²) in [6, 6.07) is 9.58. The molecular formula is C24H20ClFN2O4S. The molecule has 1 aromatic heterocycles. The molecule has 1 heterocycles. The van der Waals surface area contributed by atoms with Gasteiger partial charge in [-0.3, -0.25) is 9.59 Å². The molecule has 0 spiro atoms. The second kappa shape index (κ2) is 8.61. The number of carbonyl (C=O) groups excluding carboxylic acids is 2. The maximum atomic E-state index is 13.8. The Kier molecular flexibility index (Phi) is 5.99. The highest BCUT2D eigenvalue weighted by Crippen LogP contribution is 2.36. The van der Waals surface area contributed by atoms with Crippen LogP contribution in [0.25, 0.3) is 16.5 Å². The fraction of sp³-hybridized carbons (Fsp3) is 0.167. The minimum Gasteiger partial charge on any atom is -0.331 e. The Morgan fingerprint density at radius 2 is 1.97 bits per heavy atom. The summed E-state index contributed by atoms with van der Waals surface area (Å²) in [4.78, 5) is 26.0. The van der Waals surface area contributed by atoms with Crippen LogP contribution in [0.5, 0.6) is 0 Å². The number of fused-ring (bicyclic) bond motifs is 1. The third kappa shape index (κ3) is 4.62. The standard InChI is InChI=1S/C24H20ClFN2O4S/c1-14-11-15(7-9-19(14)26)13-28-20-10-8-16(25)12-18(20)22(17-5-3-4-6-21(17)29)23(28)24(30)27-33(2,31)32/h3-5,7-12H,6,13H2,1-2H3,(H,27,30). The Balaban J connectivity index is 2.04. The predicted octanol–water partition coefficient (Wildman–Crippen LogP) is 4.39. The summed E-state index contributed by atoms with van der Waals surface area (Å²) in [5, 5.41) is 0.933. The molecular weight excluding hydrogens is 467 g/mol. The highest BCUT2D eigenvalue weighted by atomic mass is 35.5. The first kappa shape index (κ1) is 22.9. The Bertz CT molecular complexity index is 1490. The lowest BCUT2D eigenvalue weighted by atomic mass is 9.93. The van der Waals surface area contributed by atoms with E-state index >= 15 is 0 Å². The maximum absolute atomic E-state index is 13.8. The molecule has 6 nitrogen and oxygen atoms in total. The smallest absolute Gasteiger partial charge is 0.282 e. The zero-order chi connectivity index (χ0) is 23.9. The van der Waals surface area contributed by atoms with E-state index in [0.717, 1.165) is 6.26 Å². The van der Waals surface area contributed by atoms with E-state index < -0.39 is 15.9 Å². The zero-order valence-electron chi connectivity index (χ0n) is 17.9. The van der Waals surface area contributed by atoms with Gasteiger partial charge in [0.2, 0.25) is 10.0 Å². The summed E-state index contributed by atoms with van der Waals surface area (Å²) in [6.45, 7) is 1.77. The lowest BCUT2D eigenvalue weighted by molar-refractivity contribution is -0.113. The van der Waals surface area contributed by atoms with Crippen molar-refractivity contribution in [2.45, 2.75) is 19.9 Å². The van der Waals surface area contributed by atoms with Crippen molar-refractivity contribution in [2.75, 3.05) is 6.26 Å². The van der Waals surface area contributed by atoms with E-state index in [-0.39, 0.29) is 35.8 Å². The van der Waals surface area contributed by atoms with Crippen molar-refractivity contribution in [3.8, 4) is 0 Å². The van der Waals surface area contributed by atoms with Crippen LogP contribution in [0.1, 0.15) is 33.6 Å². The van der Waals surface area contributed by atoms with Crippen molar-refractivity contribution in [3.05, 3.63) is 87.9 Å². The van der Waals surface area contributed by atoms with Crippen LogP contribution in [0.15, 0.2) is 54.6 Å². The van der Waals surface area contributed by atoms with Gasteiger partial charge in [0.05, 0.1) is 6.26 Å². The summed E-state index contributed by atoms with van der Waals surface area (Å²) in [5.41, 5.74) is 2.32. The van der Waals surface area contributed by atoms with Crippen LogP contribution in [0.3, 0.4) is 0 Å². The van der Waals surface area contributed by atoms with Gasteiger partial charge >= 0.3 is 0 Å². The van der Waals surface area contributed by atoms with Crippen LogP contribution in [0.4, 0.5) is 4.39 Å². The van der Waals surface area contributed by atoms with E-state index in [1.54, 1.807) is 60.1 Å². The number of benzene rings is 2. The van der Waals surface area contributed by atoms with Gasteiger partial charge < -0.3 is 4.57 Å². The van der Waals surface area contributed by atoms with Crippen molar-refractivity contribution < 1.29 is 22.4 Å². The number of amides is 1. The summed E-state index contributed by atoms with van der Waals surface area (Å²) in [5.74, 6) is -1.44. The molecule has 1 aliphatic carbocycles. The largest absolute Gasteiger partial charge is 0.331 e. The SMILES string of the molecule is Cc1cc(Cn2c(C(=O)NS(C)(=O)=O)c(C3=CC=CCC3=O)c3cc(Cl)ccc32)ccc1F. The van der Waals surface area contributed by atoms with Gasteiger partial charge in [0.25, 0.3) is 5.91 Å². The molecule has 0 unspecified atom stereocenters. The quantitative estimate of drug-likeness (QED) is 0.579. The first-order chi connectivity index (χ1) is 15.5. The number of sulfonamides is 1. The number of aryl methyl sites for hydroxylation is 1. The number of aromatic nitrogens is 1. The van der Waals surface area contributed by atoms with Gasteiger partial charge in [0, 0.05) is 40.0 Å². The van der Waals surface area contributed by atoms with E-state index in [9.17, 15) is 22.4 Å². The number of hydrogen-bond acceptors (Lipinski definition) is 4. The first-order valence-electron chi connectivity index (χ1n) is 10.0. The minimum atomic E-state index is -3.89. The molecule has 0 saturated carbocycles. The number of rotatable bonds is 5. The molecule has 0 atom stereocenters. The van der Waals surface area contributed by atoms with Crippen LogP contribution in [-0.4, -0.2) is 30.9 Å². The maximum Gasteiger partial charge on any atom is 0.282 e. The topological polar surface area (TPSA) is 85.2 Å². The summed E-state index contributed by atoms with van der Waals surface area (Å²) in [7, 11) is -3.89. The van der Waals surface area contributed by atoms with Gasteiger partial charge in [0.15, 0.2) is 5.78 Å². The third-order valence-corrected chi connectivity index (χ3v) is 6.14. The molecule has 1 aliphatic rings. The first-order valence-corrected chi connectivity index (χ1v) is 12.3.